The molecule has 0 saturated heterocycles. The molecule has 4 heteroatoms. The Balaban J connectivity index is 1.75. The van der Waals surface area contributed by atoms with E-state index in [1.165, 1.54) is 10.5 Å². The van der Waals surface area contributed by atoms with E-state index in [2.05, 4.69) is 41.1 Å². The average Bonchev–Trinajstić information content (AvgIpc) is 2.89. The second kappa shape index (κ2) is 6.26. The number of fused-ring (bicyclic) bond motifs is 1. The molecule has 1 aromatic heterocycles. The summed E-state index contributed by atoms with van der Waals surface area (Å²) in [6.07, 6.45) is 0. The molecule has 1 unspecified atom stereocenters. The summed E-state index contributed by atoms with van der Waals surface area (Å²) in [7, 11) is 0. The van der Waals surface area contributed by atoms with E-state index in [4.69, 9.17) is 10.2 Å². The van der Waals surface area contributed by atoms with E-state index < -0.39 is 0 Å². The summed E-state index contributed by atoms with van der Waals surface area (Å²) in [6.45, 7) is 2.08. The normalized spacial score (nSPS) is 12.7. The first-order chi connectivity index (χ1) is 10.1. The van der Waals surface area contributed by atoms with Crippen LogP contribution in [0, 0.1) is 6.92 Å². The minimum absolute atomic E-state index is 0.116. The molecule has 0 radical (unpaired) electrons. The average molecular weight is 362 g/mol. The molecular formula is C17H16BrNOS. The molecule has 21 heavy (non-hydrogen) atoms. The molecule has 108 valence electrons. The Hall–Kier alpha value is -1.23. The van der Waals surface area contributed by atoms with Crippen molar-refractivity contribution in [1.82, 2.24) is 0 Å². The van der Waals surface area contributed by atoms with Gasteiger partial charge in [0.05, 0.1) is 6.04 Å². The van der Waals surface area contributed by atoms with Gasteiger partial charge < -0.3 is 10.2 Å². The molecule has 3 rings (SSSR count). The van der Waals surface area contributed by atoms with Crippen LogP contribution >= 0.6 is 27.7 Å². The summed E-state index contributed by atoms with van der Waals surface area (Å²) in [5, 5.41) is 1.12. The van der Waals surface area contributed by atoms with Gasteiger partial charge in [-0.1, -0.05) is 23.8 Å². The van der Waals surface area contributed by atoms with E-state index in [-0.39, 0.29) is 6.04 Å². The summed E-state index contributed by atoms with van der Waals surface area (Å²) in [5.41, 5.74) is 8.39. The summed E-state index contributed by atoms with van der Waals surface area (Å²) >= 11 is 5.28. The van der Waals surface area contributed by atoms with Gasteiger partial charge in [0.2, 0.25) is 0 Å². The van der Waals surface area contributed by atoms with Crippen LogP contribution in [0.25, 0.3) is 11.0 Å². The molecule has 2 N–H and O–H groups in total. The monoisotopic (exact) mass is 361 g/mol. The predicted octanol–water partition coefficient (Wildman–Crippen LogP) is 5.30. The highest BCUT2D eigenvalue weighted by Crippen LogP contribution is 2.31. The molecule has 0 aliphatic heterocycles. The third kappa shape index (κ3) is 3.34. The zero-order valence-corrected chi connectivity index (χ0v) is 14.1. The number of halogens is 1. The van der Waals surface area contributed by atoms with Crippen LogP contribution in [0.15, 0.2) is 62.3 Å². The fraction of sp³-hybridized carbons (Fsp3) is 0.176. The van der Waals surface area contributed by atoms with Crippen LogP contribution < -0.4 is 5.73 Å². The van der Waals surface area contributed by atoms with Gasteiger partial charge in [-0.3, -0.25) is 0 Å². The maximum Gasteiger partial charge on any atom is 0.134 e. The highest BCUT2D eigenvalue weighted by molar-refractivity contribution is 9.10. The van der Waals surface area contributed by atoms with E-state index in [1.807, 2.05) is 30.3 Å². The van der Waals surface area contributed by atoms with Crippen molar-refractivity contribution in [3.05, 3.63) is 64.3 Å². The molecule has 1 heterocycles. The lowest BCUT2D eigenvalue weighted by Gasteiger charge is -2.09. The van der Waals surface area contributed by atoms with Crippen molar-refractivity contribution < 1.29 is 4.42 Å². The lowest BCUT2D eigenvalue weighted by Crippen LogP contribution is -2.11. The molecule has 2 aromatic carbocycles. The molecule has 0 aliphatic carbocycles. The van der Waals surface area contributed by atoms with Crippen molar-refractivity contribution in [3.63, 3.8) is 0 Å². The van der Waals surface area contributed by atoms with Crippen LogP contribution in [-0.2, 0) is 0 Å². The largest absolute Gasteiger partial charge is 0.459 e. The van der Waals surface area contributed by atoms with Gasteiger partial charge in [-0.05, 0) is 53.2 Å². The minimum Gasteiger partial charge on any atom is -0.459 e. The number of furan rings is 1. The van der Waals surface area contributed by atoms with Crippen molar-refractivity contribution in [3.8, 4) is 0 Å². The topological polar surface area (TPSA) is 39.2 Å². The number of benzene rings is 2. The van der Waals surface area contributed by atoms with Crippen molar-refractivity contribution in [1.29, 1.82) is 0 Å². The number of hydrogen-bond donors (Lipinski definition) is 1. The van der Waals surface area contributed by atoms with E-state index in [0.29, 0.717) is 0 Å². The summed E-state index contributed by atoms with van der Waals surface area (Å²) in [4.78, 5) is 1.19. The Morgan fingerprint density at radius 2 is 2.00 bits per heavy atom. The van der Waals surface area contributed by atoms with Gasteiger partial charge in [0.1, 0.15) is 11.3 Å². The van der Waals surface area contributed by atoms with E-state index in [9.17, 15) is 0 Å². The summed E-state index contributed by atoms with van der Waals surface area (Å²) < 4.78 is 6.95. The number of aryl methyl sites for hydroxylation is 1. The van der Waals surface area contributed by atoms with Crippen LogP contribution in [0.2, 0.25) is 0 Å². The van der Waals surface area contributed by atoms with Crippen molar-refractivity contribution in [2.45, 2.75) is 17.9 Å². The second-order valence-corrected chi connectivity index (χ2v) is 6.95. The smallest absolute Gasteiger partial charge is 0.134 e. The quantitative estimate of drug-likeness (QED) is 0.641. The standard InChI is InChI=1S/C17H16BrNOS/c1-11-6-7-15-12(8-11)9-16(20-15)14(19)10-21-17-5-3-2-4-13(17)18/h2-9,14H,10,19H2,1H3. The van der Waals surface area contributed by atoms with Gasteiger partial charge in [-0.25, -0.2) is 0 Å². The molecule has 0 aliphatic rings. The van der Waals surface area contributed by atoms with Crippen LogP contribution in [-0.4, -0.2) is 5.75 Å². The fourth-order valence-electron chi connectivity index (χ4n) is 2.19. The maximum atomic E-state index is 6.26. The molecule has 0 spiro atoms. The Morgan fingerprint density at radius 1 is 1.19 bits per heavy atom. The third-order valence-corrected chi connectivity index (χ3v) is 5.46. The first-order valence-electron chi connectivity index (χ1n) is 6.76. The Kier molecular flexibility index (Phi) is 4.38. The summed E-state index contributed by atoms with van der Waals surface area (Å²) in [6, 6.07) is 16.3. The van der Waals surface area contributed by atoms with E-state index in [0.717, 1.165) is 27.0 Å². The van der Waals surface area contributed by atoms with Gasteiger partial charge in [0, 0.05) is 20.5 Å². The Bertz CT molecular complexity index is 768. The zero-order chi connectivity index (χ0) is 14.8. The molecule has 0 fully saturated rings. The molecule has 0 saturated carbocycles. The summed E-state index contributed by atoms with van der Waals surface area (Å²) in [5.74, 6) is 1.62. The fourth-order valence-corrected chi connectivity index (χ4v) is 3.72. The zero-order valence-electron chi connectivity index (χ0n) is 11.7. The minimum atomic E-state index is -0.116. The van der Waals surface area contributed by atoms with Gasteiger partial charge in [0.25, 0.3) is 0 Å². The highest BCUT2D eigenvalue weighted by atomic mass is 79.9. The first kappa shape index (κ1) is 14.7. The number of thioether (sulfide) groups is 1. The highest BCUT2D eigenvalue weighted by Gasteiger charge is 2.13. The van der Waals surface area contributed by atoms with Gasteiger partial charge >= 0.3 is 0 Å². The van der Waals surface area contributed by atoms with E-state index in [1.54, 1.807) is 11.8 Å². The van der Waals surface area contributed by atoms with Gasteiger partial charge in [-0.2, -0.15) is 0 Å². The van der Waals surface area contributed by atoms with Crippen LogP contribution in [0.5, 0.6) is 0 Å². The lowest BCUT2D eigenvalue weighted by atomic mass is 10.2. The molecule has 0 amide bonds. The predicted molar refractivity (Wildman–Crippen MR) is 92.7 cm³/mol. The first-order valence-corrected chi connectivity index (χ1v) is 8.54. The van der Waals surface area contributed by atoms with E-state index >= 15 is 0 Å². The molecule has 3 aromatic rings. The van der Waals surface area contributed by atoms with Crippen LogP contribution in [0.4, 0.5) is 0 Å². The molecule has 1 atom stereocenters. The lowest BCUT2D eigenvalue weighted by molar-refractivity contribution is 0.516. The van der Waals surface area contributed by atoms with Crippen LogP contribution in [0.3, 0.4) is 0 Å². The van der Waals surface area contributed by atoms with Crippen molar-refractivity contribution in [2.75, 3.05) is 5.75 Å². The maximum absolute atomic E-state index is 6.26. The molecule has 2 nitrogen and oxygen atoms in total. The third-order valence-electron chi connectivity index (χ3n) is 3.31. The second-order valence-electron chi connectivity index (χ2n) is 5.04. The SMILES string of the molecule is Cc1ccc2oc(C(N)CSc3ccccc3Br)cc2c1. The number of rotatable bonds is 4. The Morgan fingerprint density at radius 3 is 2.81 bits per heavy atom. The van der Waals surface area contributed by atoms with Crippen molar-refractivity contribution in [2.24, 2.45) is 5.73 Å². The van der Waals surface area contributed by atoms with Gasteiger partial charge in [-0.15, -0.1) is 11.8 Å². The number of nitrogens with two attached hydrogens (primary N) is 1. The number of hydrogen-bond acceptors (Lipinski definition) is 3. The Labute approximate surface area is 136 Å². The molecular weight excluding hydrogens is 346 g/mol. The van der Waals surface area contributed by atoms with Crippen LogP contribution in [0.1, 0.15) is 17.4 Å². The van der Waals surface area contributed by atoms with Crippen molar-refractivity contribution >= 4 is 38.7 Å². The molecule has 0 bridgehead atoms. The van der Waals surface area contributed by atoms with Gasteiger partial charge in [0.15, 0.2) is 0 Å².